The van der Waals surface area contributed by atoms with Crippen molar-refractivity contribution in [1.82, 2.24) is 9.88 Å². The summed E-state index contributed by atoms with van der Waals surface area (Å²) in [6.45, 7) is 2.37. The van der Waals surface area contributed by atoms with Gasteiger partial charge >= 0.3 is 0 Å². The van der Waals surface area contributed by atoms with Crippen LogP contribution < -0.4 is 4.74 Å². The zero-order valence-corrected chi connectivity index (χ0v) is 19.4. The van der Waals surface area contributed by atoms with E-state index in [1.807, 2.05) is 24.5 Å². The lowest BCUT2D eigenvalue weighted by Crippen LogP contribution is -2.26. The molecule has 1 N–H and O–H groups in total. The first-order valence-electron chi connectivity index (χ1n) is 12.2. The van der Waals surface area contributed by atoms with E-state index in [1.165, 1.54) is 27.8 Å². The lowest BCUT2D eigenvalue weighted by molar-refractivity contribution is 0.198. The van der Waals surface area contributed by atoms with Crippen LogP contribution in [-0.2, 0) is 6.42 Å². The molecule has 0 radical (unpaired) electrons. The van der Waals surface area contributed by atoms with E-state index in [2.05, 4.69) is 46.3 Å². The van der Waals surface area contributed by atoms with E-state index >= 15 is 0 Å². The number of aryl methyl sites for hydroxylation is 1. The predicted octanol–water partition coefficient (Wildman–Crippen LogP) is 6.53. The van der Waals surface area contributed by atoms with Gasteiger partial charge in [-0.3, -0.25) is 14.3 Å². The summed E-state index contributed by atoms with van der Waals surface area (Å²) in [4.78, 5) is 6.49. The number of halogens is 1. The highest BCUT2D eigenvalue weighted by Crippen LogP contribution is 2.41. The van der Waals surface area contributed by atoms with E-state index in [9.17, 15) is 9.50 Å². The Balaban J connectivity index is 0.00000289. The molecule has 1 aromatic heterocycles. The van der Waals surface area contributed by atoms with Gasteiger partial charge in [0.15, 0.2) is 0 Å². The maximum absolute atomic E-state index is 12.5. The summed E-state index contributed by atoms with van der Waals surface area (Å²) in [6, 6.07) is 18.3. The number of aromatic nitrogens is 1. The molecule has 2 heterocycles. The highest BCUT2D eigenvalue weighted by Gasteiger charge is 2.24. The van der Waals surface area contributed by atoms with Gasteiger partial charge in [0.25, 0.3) is 0 Å². The molecule has 1 aliphatic carbocycles. The highest BCUT2D eigenvalue weighted by atomic mass is 19.1. The number of alkyl halides is 1. The fourth-order valence-corrected chi connectivity index (χ4v) is 5.22. The van der Waals surface area contributed by atoms with Crippen molar-refractivity contribution >= 4 is 11.1 Å². The Labute approximate surface area is 208 Å². The zero-order valence-electron chi connectivity index (χ0n) is 19.4. The van der Waals surface area contributed by atoms with Crippen LogP contribution in [0, 0.1) is 0 Å². The van der Waals surface area contributed by atoms with Crippen LogP contribution in [0.15, 0.2) is 67.0 Å². The van der Waals surface area contributed by atoms with Crippen LogP contribution in [0.2, 0.25) is 0 Å². The number of fused-ring (bicyclic) bond motifs is 1. The third-order valence-corrected chi connectivity index (χ3v) is 6.84. The number of benzene rings is 2. The Kier molecular flexibility index (Phi) is 8.19. The Bertz CT molecular complexity index is 1140. The van der Waals surface area contributed by atoms with E-state index in [0.717, 1.165) is 56.6 Å². The molecule has 0 spiro atoms. The molecule has 35 heavy (non-hydrogen) atoms. The number of ether oxygens (including phenoxy) is 1. The number of rotatable bonds is 7. The SMILES string of the molecule is C.Oc1ccc2c(c1)CCCC(c1ccncc1)=C2c1ccc(O[C@H]2CCN(CCCF)C2)cc1. The second-order valence-electron chi connectivity index (χ2n) is 9.18. The fraction of sp³-hybridized carbons (Fsp3) is 0.367. The number of hydrogen-bond donors (Lipinski definition) is 1. The van der Waals surface area contributed by atoms with Crippen molar-refractivity contribution in [2.24, 2.45) is 0 Å². The van der Waals surface area contributed by atoms with Gasteiger partial charge in [0.2, 0.25) is 0 Å². The summed E-state index contributed by atoms with van der Waals surface area (Å²) in [6.07, 6.45) is 8.33. The fourth-order valence-electron chi connectivity index (χ4n) is 5.22. The van der Waals surface area contributed by atoms with Gasteiger partial charge in [0.1, 0.15) is 17.6 Å². The Morgan fingerprint density at radius 2 is 1.80 bits per heavy atom. The predicted molar refractivity (Wildman–Crippen MR) is 140 cm³/mol. The van der Waals surface area contributed by atoms with Crippen LogP contribution in [0.1, 0.15) is 55.4 Å². The molecule has 0 saturated carbocycles. The van der Waals surface area contributed by atoms with E-state index in [0.29, 0.717) is 12.2 Å². The minimum absolute atomic E-state index is 0. The first-order valence-corrected chi connectivity index (χ1v) is 12.2. The van der Waals surface area contributed by atoms with E-state index in [-0.39, 0.29) is 20.2 Å². The summed E-state index contributed by atoms with van der Waals surface area (Å²) >= 11 is 0. The van der Waals surface area contributed by atoms with Crippen LogP contribution in [0.5, 0.6) is 11.5 Å². The number of phenolic OH excluding ortho intramolecular Hbond substituents is 1. The molecule has 4 nitrogen and oxygen atoms in total. The van der Waals surface area contributed by atoms with Gasteiger partial charge in [-0.1, -0.05) is 25.6 Å². The number of phenols is 1. The Morgan fingerprint density at radius 3 is 2.57 bits per heavy atom. The quantitative estimate of drug-likeness (QED) is 0.423. The summed E-state index contributed by atoms with van der Waals surface area (Å²) < 4.78 is 18.7. The van der Waals surface area contributed by atoms with Gasteiger partial charge in [-0.05, 0) is 102 Å². The summed E-state index contributed by atoms with van der Waals surface area (Å²) in [5.74, 6) is 1.18. The molecule has 3 aromatic rings. The number of nitrogens with zero attached hydrogens (tertiary/aromatic N) is 2. The number of likely N-dealkylation sites (tertiary alicyclic amines) is 1. The molecule has 2 aliphatic rings. The van der Waals surface area contributed by atoms with Crippen LogP contribution in [0.4, 0.5) is 4.39 Å². The molecular formula is C30H35FN2O2. The second kappa shape index (κ2) is 11.5. The van der Waals surface area contributed by atoms with Gasteiger partial charge in [-0.2, -0.15) is 0 Å². The van der Waals surface area contributed by atoms with Crippen molar-refractivity contribution in [3.63, 3.8) is 0 Å². The largest absolute Gasteiger partial charge is 0.508 e. The lowest BCUT2D eigenvalue weighted by atomic mass is 9.88. The van der Waals surface area contributed by atoms with Gasteiger partial charge in [-0.15, -0.1) is 0 Å². The van der Waals surface area contributed by atoms with Crippen LogP contribution in [0.25, 0.3) is 11.1 Å². The normalized spacial score (nSPS) is 18.0. The van der Waals surface area contributed by atoms with Crippen molar-refractivity contribution in [3.8, 4) is 11.5 Å². The molecule has 5 rings (SSSR count). The van der Waals surface area contributed by atoms with Crippen molar-refractivity contribution in [3.05, 3.63) is 89.2 Å². The average Bonchev–Trinajstić information content (AvgIpc) is 3.22. The van der Waals surface area contributed by atoms with Crippen molar-refractivity contribution in [2.45, 2.75) is 45.6 Å². The van der Waals surface area contributed by atoms with Gasteiger partial charge in [0, 0.05) is 32.0 Å². The number of pyridine rings is 1. The Hall–Kier alpha value is -3.18. The molecule has 1 fully saturated rings. The first kappa shape index (κ1) is 24.9. The molecule has 5 heteroatoms. The molecular weight excluding hydrogens is 439 g/mol. The molecule has 1 aliphatic heterocycles. The number of allylic oxidation sites excluding steroid dienone is 1. The zero-order chi connectivity index (χ0) is 23.3. The minimum Gasteiger partial charge on any atom is -0.508 e. The van der Waals surface area contributed by atoms with E-state index in [4.69, 9.17) is 4.74 Å². The van der Waals surface area contributed by atoms with Gasteiger partial charge in [-0.25, -0.2) is 0 Å². The summed E-state index contributed by atoms with van der Waals surface area (Å²) in [7, 11) is 0. The van der Waals surface area contributed by atoms with Crippen LogP contribution in [0.3, 0.4) is 0 Å². The molecule has 1 atom stereocenters. The summed E-state index contributed by atoms with van der Waals surface area (Å²) in [5.41, 5.74) is 7.20. The topological polar surface area (TPSA) is 45.6 Å². The Morgan fingerprint density at radius 1 is 1.00 bits per heavy atom. The molecule has 0 unspecified atom stereocenters. The van der Waals surface area contributed by atoms with Gasteiger partial charge in [0.05, 0.1) is 6.67 Å². The number of aromatic hydroxyl groups is 1. The number of hydrogen-bond acceptors (Lipinski definition) is 4. The first-order chi connectivity index (χ1) is 16.7. The van der Waals surface area contributed by atoms with Crippen molar-refractivity contribution < 1.29 is 14.2 Å². The smallest absolute Gasteiger partial charge is 0.119 e. The second-order valence-corrected chi connectivity index (χ2v) is 9.18. The molecule has 0 amide bonds. The average molecular weight is 475 g/mol. The van der Waals surface area contributed by atoms with E-state index in [1.54, 1.807) is 6.07 Å². The minimum atomic E-state index is -0.260. The molecule has 1 saturated heterocycles. The highest BCUT2D eigenvalue weighted by molar-refractivity contribution is 5.99. The van der Waals surface area contributed by atoms with Crippen LogP contribution in [-0.4, -0.2) is 47.4 Å². The maximum atomic E-state index is 12.5. The molecule has 2 aromatic carbocycles. The summed E-state index contributed by atoms with van der Waals surface area (Å²) in [5, 5.41) is 10.1. The lowest BCUT2D eigenvalue weighted by Gasteiger charge is -2.18. The third-order valence-electron chi connectivity index (χ3n) is 6.84. The van der Waals surface area contributed by atoms with Crippen LogP contribution >= 0.6 is 0 Å². The standard InChI is InChI=1S/C29H31FN2O2.CH4/c30-14-2-17-32-18-13-26(20-32)34-25-8-5-22(6-9-25)29-27(21-11-15-31-16-12-21)4-1-3-23-19-24(33)7-10-28(23)29;/h5-12,15-16,19,26,33H,1-4,13-14,17-18,20H2;1H4/t26-;/m0./s1. The van der Waals surface area contributed by atoms with Gasteiger partial charge < -0.3 is 9.84 Å². The third kappa shape index (κ3) is 5.73. The molecule has 0 bridgehead atoms. The monoisotopic (exact) mass is 474 g/mol. The van der Waals surface area contributed by atoms with Crippen molar-refractivity contribution in [2.75, 3.05) is 26.3 Å². The molecule has 184 valence electrons. The van der Waals surface area contributed by atoms with E-state index < -0.39 is 0 Å². The van der Waals surface area contributed by atoms with Crippen molar-refractivity contribution in [1.29, 1.82) is 0 Å². The maximum Gasteiger partial charge on any atom is 0.119 e.